The highest BCUT2D eigenvalue weighted by Crippen LogP contribution is 2.35. The molecular formula is C22H22FN5O. The summed E-state index contributed by atoms with van der Waals surface area (Å²) in [6.07, 6.45) is 6.55. The van der Waals surface area contributed by atoms with E-state index >= 15 is 0 Å². The summed E-state index contributed by atoms with van der Waals surface area (Å²) in [5, 5.41) is 12.4. The van der Waals surface area contributed by atoms with Crippen LogP contribution in [0.2, 0.25) is 0 Å². The van der Waals surface area contributed by atoms with Gasteiger partial charge in [-0.25, -0.2) is 4.39 Å². The fraction of sp³-hybridized carbons (Fsp3) is 0.318. The van der Waals surface area contributed by atoms with Crippen molar-refractivity contribution in [3.63, 3.8) is 0 Å². The van der Waals surface area contributed by atoms with E-state index in [1.165, 1.54) is 6.07 Å². The first-order chi connectivity index (χ1) is 14.2. The van der Waals surface area contributed by atoms with Crippen LogP contribution in [0.25, 0.3) is 16.6 Å². The molecule has 0 saturated carbocycles. The Morgan fingerprint density at radius 3 is 3.14 bits per heavy atom. The number of carbonyl (C=O) groups is 1. The highest BCUT2D eigenvalue weighted by atomic mass is 19.1. The van der Waals surface area contributed by atoms with Crippen molar-refractivity contribution in [2.75, 3.05) is 0 Å². The van der Waals surface area contributed by atoms with Crippen LogP contribution in [-0.2, 0) is 17.6 Å². The molecule has 0 spiro atoms. The first-order valence-electron chi connectivity index (χ1n) is 10.1. The van der Waals surface area contributed by atoms with Crippen LogP contribution < -0.4 is 5.32 Å². The Hall–Kier alpha value is -3.22. The summed E-state index contributed by atoms with van der Waals surface area (Å²) in [5.74, 6) is 0.666. The molecule has 7 heteroatoms. The quantitative estimate of drug-likeness (QED) is 0.542. The van der Waals surface area contributed by atoms with Crippen molar-refractivity contribution >= 4 is 22.5 Å². The fourth-order valence-corrected chi connectivity index (χ4v) is 4.31. The average molecular weight is 391 g/mol. The van der Waals surface area contributed by atoms with Crippen LogP contribution in [0.4, 0.5) is 4.39 Å². The van der Waals surface area contributed by atoms with Gasteiger partial charge >= 0.3 is 0 Å². The maximum Gasteiger partial charge on any atom is 0.220 e. The zero-order valence-electron chi connectivity index (χ0n) is 16.0. The van der Waals surface area contributed by atoms with E-state index in [1.807, 2.05) is 28.8 Å². The number of rotatable bonds is 5. The van der Waals surface area contributed by atoms with Crippen LogP contribution in [0, 0.1) is 5.82 Å². The molecule has 0 saturated heterocycles. The van der Waals surface area contributed by atoms with Gasteiger partial charge in [-0.15, -0.1) is 10.2 Å². The molecule has 0 fully saturated rings. The van der Waals surface area contributed by atoms with E-state index in [4.69, 9.17) is 0 Å². The van der Waals surface area contributed by atoms with Gasteiger partial charge in [0.1, 0.15) is 11.6 Å². The minimum atomic E-state index is -0.230. The molecule has 1 aromatic carbocycles. The summed E-state index contributed by atoms with van der Waals surface area (Å²) in [7, 11) is 0. The van der Waals surface area contributed by atoms with Crippen molar-refractivity contribution in [3.05, 3.63) is 65.5 Å². The van der Waals surface area contributed by atoms with Gasteiger partial charge in [0, 0.05) is 35.6 Å². The van der Waals surface area contributed by atoms with E-state index in [9.17, 15) is 9.18 Å². The van der Waals surface area contributed by atoms with Crippen molar-refractivity contribution in [1.29, 1.82) is 0 Å². The van der Waals surface area contributed by atoms with E-state index in [0.717, 1.165) is 52.9 Å². The molecule has 5 rings (SSSR count). The van der Waals surface area contributed by atoms with E-state index in [1.54, 1.807) is 12.1 Å². The highest BCUT2D eigenvalue weighted by molar-refractivity contribution is 5.85. The van der Waals surface area contributed by atoms with E-state index in [0.29, 0.717) is 19.3 Å². The van der Waals surface area contributed by atoms with Crippen molar-refractivity contribution in [3.8, 4) is 0 Å². The summed E-state index contributed by atoms with van der Waals surface area (Å²) in [6, 6.07) is 10.6. The van der Waals surface area contributed by atoms with Crippen molar-refractivity contribution in [2.45, 2.75) is 44.6 Å². The Labute approximate surface area is 167 Å². The molecule has 3 aromatic heterocycles. The van der Waals surface area contributed by atoms with E-state index in [2.05, 4.69) is 20.5 Å². The van der Waals surface area contributed by atoms with Gasteiger partial charge < -0.3 is 10.3 Å². The molecule has 6 nitrogen and oxygen atoms in total. The lowest BCUT2D eigenvalue weighted by atomic mass is 9.91. The van der Waals surface area contributed by atoms with E-state index < -0.39 is 0 Å². The highest BCUT2D eigenvalue weighted by Gasteiger charge is 2.25. The zero-order valence-corrected chi connectivity index (χ0v) is 16.0. The Morgan fingerprint density at radius 2 is 2.21 bits per heavy atom. The predicted molar refractivity (Wildman–Crippen MR) is 108 cm³/mol. The number of benzene rings is 1. The Balaban J connectivity index is 1.24. The van der Waals surface area contributed by atoms with Crippen LogP contribution in [0.1, 0.15) is 48.8 Å². The van der Waals surface area contributed by atoms with Crippen LogP contribution in [0.5, 0.6) is 0 Å². The van der Waals surface area contributed by atoms with Gasteiger partial charge in [0.15, 0.2) is 5.65 Å². The number of hydrogen-bond acceptors (Lipinski definition) is 3. The summed E-state index contributed by atoms with van der Waals surface area (Å²) in [5.41, 5.74) is 3.90. The van der Waals surface area contributed by atoms with Crippen LogP contribution in [0.15, 0.2) is 42.6 Å². The van der Waals surface area contributed by atoms with E-state index in [-0.39, 0.29) is 17.8 Å². The third-order valence-electron chi connectivity index (χ3n) is 5.69. The monoisotopic (exact) mass is 391 g/mol. The minimum absolute atomic E-state index is 0.0292. The second-order valence-electron chi connectivity index (χ2n) is 7.62. The number of nitrogens with one attached hydrogen (secondary N) is 2. The van der Waals surface area contributed by atoms with Crippen molar-refractivity contribution < 1.29 is 9.18 Å². The molecule has 29 heavy (non-hydrogen) atoms. The molecule has 148 valence electrons. The summed E-state index contributed by atoms with van der Waals surface area (Å²) < 4.78 is 15.6. The Kier molecular flexibility index (Phi) is 4.50. The number of pyridine rings is 1. The molecule has 1 amide bonds. The summed E-state index contributed by atoms with van der Waals surface area (Å²) in [4.78, 5) is 15.9. The number of aromatic nitrogens is 4. The number of nitrogens with zero attached hydrogens (tertiary/aromatic N) is 3. The molecule has 3 heterocycles. The van der Waals surface area contributed by atoms with Gasteiger partial charge in [-0.3, -0.25) is 9.20 Å². The molecule has 1 aliphatic rings. The SMILES string of the molecule is O=C(CCCc1nnc2ccccn12)N[C@H]1CCCc2c1[nH]c1ccc(F)cc21. The Bertz CT molecular complexity index is 1190. The normalized spacial score (nSPS) is 16.2. The minimum Gasteiger partial charge on any atom is -0.356 e. The second kappa shape index (κ2) is 7.31. The molecule has 0 bridgehead atoms. The zero-order chi connectivity index (χ0) is 19.8. The number of hydrogen-bond donors (Lipinski definition) is 2. The summed E-state index contributed by atoms with van der Waals surface area (Å²) >= 11 is 0. The molecule has 4 aromatic rings. The standard InChI is InChI=1S/C22H22FN5O/c23-14-10-11-17-16(13-14)15-5-3-6-18(22(15)25-17)24-21(29)9-4-8-20-27-26-19-7-1-2-12-28(19)20/h1-2,7,10-13,18,25H,3-6,8-9H2,(H,24,29)/t18-/m0/s1. The second-order valence-corrected chi connectivity index (χ2v) is 7.62. The number of H-pyrrole nitrogens is 1. The Morgan fingerprint density at radius 1 is 1.28 bits per heavy atom. The predicted octanol–water partition coefficient (Wildman–Crippen LogP) is 3.87. The van der Waals surface area contributed by atoms with Crippen LogP contribution in [-0.4, -0.2) is 25.5 Å². The number of aryl methyl sites for hydroxylation is 2. The third kappa shape index (κ3) is 3.37. The molecule has 0 radical (unpaired) electrons. The first kappa shape index (κ1) is 17.8. The van der Waals surface area contributed by atoms with Crippen molar-refractivity contribution in [2.24, 2.45) is 0 Å². The molecule has 1 aliphatic carbocycles. The number of amides is 1. The molecule has 0 unspecified atom stereocenters. The van der Waals surface area contributed by atoms with Gasteiger partial charge in [0.25, 0.3) is 0 Å². The first-order valence-corrected chi connectivity index (χ1v) is 10.1. The topological polar surface area (TPSA) is 75.1 Å². The average Bonchev–Trinajstić information content (AvgIpc) is 3.30. The third-order valence-corrected chi connectivity index (χ3v) is 5.69. The van der Waals surface area contributed by atoms with Gasteiger partial charge in [-0.1, -0.05) is 6.07 Å². The van der Waals surface area contributed by atoms with Crippen molar-refractivity contribution in [1.82, 2.24) is 24.9 Å². The largest absolute Gasteiger partial charge is 0.356 e. The molecule has 1 atom stereocenters. The number of carbonyl (C=O) groups excluding carboxylic acids is 1. The molecular weight excluding hydrogens is 369 g/mol. The van der Waals surface area contributed by atoms with Crippen LogP contribution in [0.3, 0.4) is 0 Å². The lowest BCUT2D eigenvalue weighted by Gasteiger charge is -2.23. The maximum atomic E-state index is 13.6. The number of fused-ring (bicyclic) bond motifs is 4. The van der Waals surface area contributed by atoms with Crippen LogP contribution >= 0.6 is 0 Å². The van der Waals surface area contributed by atoms with Gasteiger partial charge in [0.05, 0.1) is 6.04 Å². The lowest BCUT2D eigenvalue weighted by Crippen LogP contribution is -2.30. The fourth-order valence-electron chi connectivity index (χ4n) is 4.31. The number of aromatic amines is 1. The smallest absolute Gasteiger partial charge is 0.220 e. The van der Waals surface area contributed by atoms with Gasteiger partial charge in [-0.05, 0) is 61.6 Å². The maximum absolute atomic E-state index is 13.6. The summed E-state index contributed by atoms with van der Waals surface area (Å²) in [6.45, 7) is 0. The molecule has 2 N–H and O–H groups in total. The van der Waals surface area contributed by atoms with Gasteiger partial charge in [-0.2, -0.15) is 0 Å². The number of halogens is 1. The molecule has 0 aliphatic heterocycles. The lowest BCUT2D eigenvalue weighted by molar-refractivity contribution is -0.122. The van der Waals surface area contributed by atoms with Gasteiger partial charge in [0.2, 0.25) is 5.91 Å².